The molecule has 0 N–H and O–H groups in total. The zero-order valence-electron chi connectivity index (χ0n) is 35.0. The van der Waals surface area contributed by atoms with Gasteiger partial charge in [-0.1, -0.05) is 154 Å². The summed E-state index contributed by atoms with van der Waals surface area (Å²) in [5.74, 6) is 0.588. The van der Waals surface area contributed by atoms with Crippen molar-refractivity contribution in [3.05, 3.63) is 205 Å². The third kappa shape index (κ3) is 6.18. The lowest BCUT2D eigenvalue weighted by Gasteiger charge is -2.34. The summed E-state index contributed by atoms with van der Waals surface area (Å²) in [6, 6.07) is 61.9. The fraction of sp³-hybridized carbons (Fsp3) is 0.153. The van der Waals surface area contributed by atoms with E-state index >= 15 is 0 Å². The van der Waals surface area contributed by atoms with E-state index in [4.69, 9.17) is 8.83 Å². The van der Waals surface area contributed by atoms with E-state index in [1.807, 2.05) is 18.2 Å². The van der Waals surface area contributed by atoms with E-state index in [0.717, 1.165) is 56.3 Å². The highest BCUT2D eigenvalue weighted by Gasteiger charge is 2.29. The first-order chi connectivity index (χ1) is 30.6. The Morgan fingerprint density at radius 1 is 0.532 bits per heavy atom. The molecule has 3 nitrogen and oxygen atoms in total. The fourth-order valence-corrected chi connectivity index (χ4v) is 10.6. The minimum atomic E-state index is -0.189. The van der Waals surface area contributed by atoms with Crippen LogP contribution < -0.4 is 4.90 Å². The molecule has 62 heavy (non-hydrogen) atoms. The zero-order chi connectivity index (χ0) is 41.2. The first-order valence-corrected chi connectivity index (χ1v) is 22.3. The average molecular weight is 802 g/mol. The molecule has 2 aliphatic carbocycles. The topological polar surface area (TPSA) is 29.5 Å². The molecule has 8 aromatic carbocycles. The predicted octanol–water partition coefficient (Wildman–Crippen LogP) is 17.0. The van der Waals surface area contributed by atoms with Crippen LogP contribution in [0.15, 0.2) is 203 Å². The van der Waals surface area contributed by atoms with Crippen LogP contribution in [0, 0.1) is 0 Å². The average Bonchev–Trinajstić information content (AvgIpc) is 3.90. The second kappa shape index (κ2) is 14.8. The molecular weight excluding hydrogens is 755 g/mol. The van der Waals surface area contributed by atoms with Crippen LogP contribution in [0.25, 0.3) is 76.9 Å². The molecule has 2 aliphatic rings. The van der Waals surface area contributed by atoms with Gasteiger partial charge >= 0.3 is 0 Å². The lowest BCUT2D eigenvalue weighted by molar-refractivity contribution is 0.445. The number of hydrogen-bond donors (Lipinski definition) is 0. The highest BCUT2D eigenvalue weighted by atomic mass is 16.3. The monoisotopic (exact) mass is 801 g/mol. The highest BCUT2D eigenvalue weighted by Crippen LogP contribution is 2.47. The number of allylic oxidation sites excluding steroid dienone is 3. The predicted molar refractivity (Wildman–Crippen MR) is 259 cm³/mol. The Kier molecular flexibility index (Phi) is 8.78. The molecule has 12 rings (SSSR count). The van der Waals surface area contributed by atoms with E-state index in [1.165, 1.54) is 87.3 Å². The number of nitrogens with zero attached hydrogens (tertiary/aromatic N) is 1. The summed E-state index contributed by atoms with van der Waals surface area (Å²) in [5.41, 5.74) is 14.6. The Balaban J connectivity index is 0.978. The van der Waals surface area contributed by atoms with Gasteiger partial charge in [-0.15, -0.1) is 0 Å². The van der Waals surface area contributed by atoms with Gasteiger partial charge in [-0.25, -0.2) is 0 Å². The van der Waals surface area contributed by atoms with Gasteiger partial charge < -0.3 is 13.7 Å². The number of anilines is 2. The number of furan rings is 2. The maximum absolute atomic E-state index is 6.22. The fourth-order valence-electron chi connectivity index (χ4n) is 10.6. The Hall–Kier alpha value is -7.10. The van der Waals surface area contributed by atoms with Crippen LogP contribution in [-0.2, 0) is 5.41 Å². The Morgan fingerprint density at radius 3 is 1.90 bits per heavy atom. The molecule has 0 spiro atoms. The molecule has 1 saturated carbocycles. The lowest BCUT2D eigenvalue weighted by atomic mass is 9.76. The highest BCUT2D eigenvalue weighted by molar-refractivity contribution is 6.07. The first-order valence-electron chi connectivity index (χ1n) is 22.3. The molecule has 1 atom stereocenters. The van der Waals surface area contributed by atoms with Crippen LogP contribution in [0.3, 0.4) is 0 Å². The Bertz CT molecular complexity index is 3390. The van der Waals surface area contributed by atoms with Crippen molar-refractivity contribution in [2.75, 3.05) is 4.90 Å². The summed E-state index contributed by atoms with van der Waals surface area (Å²) in [6.45, 7) is 2.36. The minimum absolute atomic E-state index is 0.189. The summed E-state index contributed by atoms with van der Waals surface area (Å²) in [6.07, 6.45) is 14.5. The molecule has 1 unspecified atom stereocenters. The van der Waals surface area contributed by atoms with Gasteiger partial charge in [0, 0.05) is 43.9 Å². The van der Waals surface area contributed by atoms with Gasteiger partial charge in [0.1, 0.15) is 22.3 Å². The van der Waals surface area contributed by atoms with Crippen molar-refractivity contribution < 1.29 is 8.83 Å². The molecule has 2 heterocycles. The van der Waals surface area contributed by atoms with Crippen LogP contribution in [0.5, 0.6) is 0 Å². The van der Waals surface area contributed by atoms with E-state index in [9.17, 15) is 0 Å². The summed E-state index contributed by atoms with van der Waals surface area (Å²) in [7, 11) is 0. The van der Waals surface area contributed by atoms with E-state index in [0.29, 0.717) is 5.92 Å². The zero-order valence-corrected chi connectivity index (χ0v) is 35.0. The van der Waals surface area contributed by atoms with Gasteiger partial charge in [0.2, 0.25) is 0 Å². The molecule has 0 amide bonds. The van der Waals surface area contributed by atoms with Crippen LogP contribution in [0.2, 0.25) is 0 Å². The van der Waals surface area contributed by atoms with Crippen molar-refractivity contribution in [2.45, 2.75) is 56.8 Å². The minimum Gasteiger partial charge on any atom is -0.456 e. The maximum atomic E-state index is 6.22. The summed E-state index contributed by atoms with van der Waals surface area (Å²) >= 11 is 0. The number of benzene rings is 8. The van der Waals surface area contributed by atoms with E-state index in [2.05, 4.69) is 182 Å². The van der Waals surface area contributed by atoms with Crippen molar-refractivity contribution in [1.29, 1.82) is 0 Å². The van der Waals surface area contributed by atoms with Crippen LogP contribution in [0.4, 0.5) is 11.4 Å². The van der Waals surface area contributed by atoms with E-state index < -0.39 is 0 Å². The third-order valence-electron chi connectivity index (χ3n) is 13.9. The molecular formula is C59H47NO2. The van der Waals surface area contributed by atoms with Gasteiger partial charge in [-0.05, 0) is 124 Å². The van der Waals surface area contributed by atoms with Crippen molar-refractivity contribution >= 4 is 66.0 Å². The van der Waals surface area contributed by atoms with Crippen LogP contribution >= 0.6 is 0 Å². The van der Waals surface area contributed by atoms with Crippen molar-refractivity contribution in [1.82, 2.24) is 0 Å². The Morgan fingerprint density at radius 2 is 1.16 bits per heavy atom. The van der Waals surface area contributed by atoms with Crippen molar-refractivity contribution in [2.24, 2.45) is 0 Å². The van der Waals surface area contributed by atoms with E-state index in [1.54, 1.807) is 0 Å². The normalized spacial score (nSPS) is 17.1. The summed E-state index contributed by atoms with van der Waals surface area (Å²) in [4.78, 5) is 2.48. The molecule has 0 bridgehead atoms. The largest absolute Gasteiger partial charge is 0.456 e. The lowest BCUT2D eigenvalue weighted by Crippen LogP contribution is -2.24. The standard InChI is InChI=1S/C59H47NO2/c1-59(43-28-32-57-52(38-43)49-19-7-10-24-55(49)62-57)35-33-45(34-36-59)60(44-29-25-39(26-30-44)42-27-31-56-51(37-42)48-18-6-9-23-54(48)61-56)53-22-8-5-17-47(53)50-21-12-16-41-15-11-20-46(58(41)50)40-13-3-2-4-14-40/h5-12,15-35,37-38,40H,2-4,13-14,36H2,1H3. The number of fused-ring (bicyclic) bond motifs is 7. The van der Waals surface area contributed by atoms with Gasteiger partial charge in [0.05, 0.1) is 5.69 Å². The van der Waals surface area contributed by atoms with Crippen molar-refractivity contribution in [3.8, 4) is 22.3 Å². The molecule has 0 radical (unpaired) electrons. The number of rotatable bonds is 7. The smallest absolute Gasteiger partial charge is 0.135 e. The molecule has 1 fully saturated rings. The Labute approximate surface area is 362 Å². The van der Waals surface area contributed by atoms with Crippen molar-refractivity contribution in [3.63, 3.8) is 0 Å². The second-order valence-corrected chi connectivity index (χ2v) is 17.7. The SMILES string of the molecule is CC1(c2ccc3oc4ccccc4c3c2)C=CC(N(c2ccc(-c3ccc4oc5ccccc5c4c3)cc2)c2ccccc2-c2cccc3cccc(C4CCCCC4)c23)=CC1. The van der Waals surface area contributed by atoms with Gasteiger partial charge in [-0.2, -0.15) is 0 Å². The molecule has 2 aromatic heterocycles. The number of hydrogen-bond acceptors (Lipinski definition) is 3. The first kappa shape index (κ1) is 36.7. The summed E-state index contributed by atoms with van der Waals surface area (Å²) in [5, 5.41) is 7.32. The number of para-hydroxylation sites is 3. The molecule has 10 aromatic rings. The van der Waals surface area contributed by atoms with Gasteiger partial charge in [0.25, 0.3) is 0 Å². The second-order valence-electron chi connectivity index (χ2n) is 17.7. The molecule has 300 valence electrons. The molecule has 0 saturated heterocycles. The van der Waals surface area contributed by atoms with E-state index in [-0.39, 0.29) is 5.41 Å². The summed E-state index contributed by atoms with van der Waals surface area (Å²) < 4.78 is 12.4. The molecule has 0 aliphatic heterocycles. The van der Waals surface area contributed by atoms with Gasteiger partial charge in [-0.3, -0.25) is 0 Å². The maximum Gasteiger partial charge on any atom is 0.135 e. The van der Waals surface area contributed by atoms with Crippen LogP contribution in [0.1, 0.15) is 62.5 Å². The third-order valence-corrected chi connectivity index (χ3v) is 13.9. The quantitative estimate of drug-likeness (QED) is 0.161. The molecule has 3 heteroatoms. The van der Waals surface area contributed by atoms with Gasteiger partial charge in [0.15, 0.2) is 0 Å². The van der Waals surface area contributed by atoms with Crippen LogP contribution in [-0.4, -0.2) is 0 Å².